The van der Waals surface area contributed by atoms with Crippen LogP contribution in [0.5, 0.6) is 0 Å². The highest BCUT2D eigenvalue weighted by Gasteiger charge is 2.26. The van der Waals surface area contributed by atoms with Gasteiger partial charge in [0.2, 0.25) is 5.91 Å². The van der Waals surface area contributed by atoms with Crippen molar-refractivity contribution in [3.8, 4) is 0 Å². The van der Waals surface area contributed by atoms with Gasteiger partial charge in [0.15, 0.2) is 0 Å². The van der Waals surface area contributed by atoms with E-state index < -0.39 is 0 Å². The van der Waals surface area contributed by atoms with Crippen molar-refractivity contribution >= 4 is 18.3 Å². The topological polar surface area (TPSA) is 41.1 Å². The molecule has 1 aliphatic rings. The van der Waals surface area contributed by atoms with Gasteiger partial charge in [-0.05, 0) is 36.8 Å². The smallest absolute Gasteiger partial charge is 0.224 e. The number of carbonyl (C=O) groups is 1. The minimum absolute atomic E-state index is 0. The molecule has 22 heavy (non-hydrogen) atoms. The average Bonchev–Trinajstić information content (AvgIpc) is 2.47. The molecule has 0 saturated carbocycles. The number of nitrogens with one attached hydrogen (secondary N) is 2. The Kier molecular flexibility index (Phi) is 7.37. The third-order valence-electron chi connectivity index (χ3n) is 4.00. The first-order valence-electron chi connectivity index (χ1n) is 8.02. The van der Waals surface area contributed by atoms with Crippen LogP contribution < -0.4 is 10.6 Å². The molecule has 1 aromatic carbocycles. The van der Waals surface area contributed by atoms with Crippen LogP contribution >= 0.6 is 12.4 Å². The summed E-state index contributed by atoms with van der Waals surface area (Å²) in [5.41, 5.74) is 1.38. The Morgan fingerprint density at radius 2 is 2.00 bits per heavy atom. The lowest BCUT2D eigenvalue weighted by Gasteiger charge is -2.30. The van der Waals surface area contributed by atoms with Gasteiger partial charge in [0.05, 0.1) is 12.0 Å². The van der Waals surface area contributed by atoms with Gasteiger partial charge >= 0.3 is 0 Å². The summed E-state index contributed by atoms with van der Waals surface area (Å²) in [4.78, 5) is 12.5. The van der Waals surface area contributed by atoms with Crippen molar-refractivity contribution in [3.63, 3.8) is 0 Å². The summed E-state index contributed by atoms with van der Waals surface area (Å²) in [6.07, 6.45) is 3.03. The molecule has 2 unspecified atom stereocenters. The van der Waals surface area contributed by atoms with E-state index in [0.717, 1.165) is 32.4 Å². The van der Waals surface area contributed by atoms with E-state index in [1.165, 1.54) is 5.56 Å². The predicted molar refractivity (Wildman–Crippen MR) is 94.2 cm³/mol. The molecule has 1 saturated heterocycles. The Labute approximate surface area is 140 Å². The molecule has 0 spiro atoms. The molecule has 1 aliphatic heterocycles. The SMILES string of the molecule is CC(C)(C)CC(NC(=O)C1CCCNC1)c1ccccc1.Cl. The Bertz CT molecular complexity index is 450. The fourth-order valence-electron chi connectivity index (χ4n) is 2.92. The largest absolute Gasteiger partial charge is 0.349 e. The summed E-state index contributed by atoms with van der Waals surface area (Å²) in [7, 11) is 0. The maximum atomic E-state index is 12.5. The molecule has 1 fully saturated rings. The average molecular weight is 325 g/mol. The Hall–Kier alpha value is -1.06. The number of halogens is 1. The number of hydrogen-bond acceptors (Lipinski definition) is 2. The third-order valence-corrected chi connectivity index (χ3v) is 4.00. The van der Waals surface area contributed by atoms with Crippen LogP contribution in [0.25, 0.3) is 0 Å². The van der Waals surface area contributed by atoms with Crippen molar-refractivity contribution in [2.24, 2.45) is 11.3 Å². The normalized spacial score (nSPS) is 19.9. The van der Waals surface area contributed by atoms with Crippen LogP contribution in [0.2, 0.25) is 0 Å². The molecule has 1 amide bonds. The van der Waals surface area contributed by atoms with Crippen molar-refractivity contribution < 1.29 is 4.79 Å². The fourth-order valence-corrected chi connectivity index (χ4v) is 2.92. The zero-order valence-electron chi connectivity index (χ0n) is 13.9. The van der Waals surface area contributed by atoms with Crippen molar-refractivity contribution in [1.29, 1.82) is 0 Å². The second-order valence-electron chi connectivity index (χ2n) is 7.28. The zero-order chi connectivity index (χ0) is 15.3. The van der Waals surface area contributed by atoms with Crippen LogP contribution in [-0.4, -0.2) is 19.0 Å². The van der Waals surface area contributed by atoms with Gasteiger partial charge in [-0.1, -0.05) is 51.1 Å². The van der Waals surface area contributed by atoms with E-state index in [0.29, 0.717) is 0 Å². The molecule has 1 heterocycles. The summed E-state index contributed by atoms with van der Waals surface area (Å²) in [5, 5.41) is 6.60. The van der Waals surface area contributed by atoms with Gasteiger partial charge < -0.3 is 10.6 Å². The lowest BCUT2D eigenvalue weighted by molar-refractivity contribution is -0.126. The molecule has 2 rings (SSSR count). The van der Waals surface area contributed by atoms with E-state index in [1.807, 2.05) is 18.2 Å². The van der Waals surface area contributed by atoms with Gasteiger partial charge in [0.1, 0.15) is 0 Å². The molecule has 0 radical (unpaired) electrons. The van der Waals surface area contributed by atoms with E-state index in [-0.39, 0.29) is 35.7 Å². The van der Waals surface area contributed by atoms with Crippen LogP contribution in [0.4, 0.5) is 0 Å². The summed E-state index contributed by atoms with van der Waals surface area (Å²) >= 11 is 0. The van der Waals surface area contributed by atoms with Crippen LogP contribution in [0.15, 0.2) is 30.3 Å². The molecule has 124 valence electrons. The predicted octanol–water partition coefficient (Wildman–Crippen LogP) is 3.70. The second-order valence-corrected chi connectivity index (χ2v) is 7.28. The summed E-state index contributed by atoms with van der Waals surface area (Å²) in [6, 6.07) is 10.4. The van der Waals surface area contributed by atoms with Crippen molar-refractivity contribution in [2.75, 3.05) is 13.1 Å². The van der Waals surface area contributed by atoms with Gasteiger partial charge in [0, 0.05) is 6.54 Å². The lowest BCUT2D eigenvalue weighted by Crippen LogP contribution is -2.42. The van der Waals surface area contributed by atoms with E-state index in [1.54, 1.807) is 0 Å². The molecular weight excluding hydrogens is 296 g/mol. The monoisotopic (exact) mass is 324 g/mol. The van der Waals surface area contributed by atoms with Crippen LogP contribution in [-0.2, 0) is 4.79 Å². The number of hydrogen-bond donors (Lipinski definition) is 2. The molecule has 3 nitrogen and oxygen atoms in total. The fraction of sp³-hybridized carbons (Fsp3) is 0.611. The van der Waals surface area contributed by atoms with Crippen molar-refractivity contribution in [1.82, 2.24) is 10.6 Å². The maximum Gasteiger partial charge on any atom is 0.224 e. The minimum Gasteiger partial charge on any atom is -0.349 e. The molecule has 2 N–H and O–H groups in total. The van der Waals surface area contributed by atoms with E-state index in [9.17, 15) is 4.79 Å². The molecule has 4 heteroatoms. The van der Waals surface area contributed by atoms with Gasteiger partial charge in [-0.15, -0.1) is 12.4 Å². The number of carbonyl (C=O) groups excluding carboxylic acids is 1. The van der Waals surface area contributed by atoms with E-state index >= 15 is 0 Å². The van der Waals surface area contributed by atoms with Crippen molar-refractivity contribution in [3.05, 3.63) is 35.9 Å². The highest BCUT2D eigenvalue weighted by molar-refractivity contribution is 5.85. The standard InChI is InChI=1S/C18H28N2O.ClH/c1-18(2,3)12-16(14-8-5-4-6-9-14)20-17(21)15-10-7-11-19-13-15;/h4-6,8-9,15-16,19H,7,10-13H2,1-3H3,(H,20,21);1H. The number of rotatable bonds is 4. The molecule has 0 aliphatic carbocycles. The third kappa shape index (κ3) is 5.98. The first-order chi connectivity index (χ1) is 9.96. The first kappa shape index (κ1) is 19.0. The quantitative estimate of drug-likeness (QED) is 0.886. The summed E-state index contributed by atoms with van der Waals surface area (Å²) in [5.74, 6) is 0.310. The highest BCUT2D eigenvalue weighted by atomic mass is 35.5. The van der Waals surface area contributed by atoms with E-state index in [4.69, 9.17) is 0 Å². The second kappa shape index (κ2) is 8.54. The maximum absolute atomic E-state index is 12.5. The number of piperidine rings is 1. The lowest BCUT2D eigenvalue weighted by atomic mass is 9.85. The van der Waals surface area contributed by atoms with E-state index in [2.05, 4.69) is 43.5 Å². The summed E-state index contributed by atoms with van der Waals surface area (Å²) < 4.78 is 0. The Morgan fingerprint density at radius 3 is 2.55 bits per heavy atom. The first-order valence-corrected chi connectivity index (χ1v) is 8.02. The minimum atomic E-state index is 0. The molecule has 2 atom stereocenters. The van der Waals surface area contributed by atoms with Crippen LogP contribution in [0.1, 0.15) is 51.6 Å². The highest BCUT2D eigenvalue weighted by Crippen LogP contribution is 2.29. The molecule has 1 aromatic rings. The van der Waals surface area contributed by atoms with Crippen molar-refractivity contribution in [2.45, 2.75) is 46.1 Å². The Morgan fingerprint density at radius 1 is 1.32 bits per heavy atom. The molecule has 0 aromatic heterocycles. The van der Waals surface area contributed by atoms with Gasteiger partial charge in [0.25, 0.3) is 0 Å². The number of amides is 1. The van der Waals surface area contributed by atoms with Gasteiger partial charge in [-0.2, -0.15) is 0 Å². The van der Waals surface area contributed by atoms with Crippen LogP contribution in [0, 0.1) is 11.3 Å². The number of benzene rings is 1. The Balaban J connectivity index is 0.00000242. The zero-order valence-corrected chi connectivity index (χ0v) is 14.7. The van der Waals surface area contributed by atoms with Gasteiger partial charge in [-0.3, -0.25) is 4.79 Å². The molecule has 0 bridgehead atoms. The van der Waals surface area contributed by atoms with Gasteiger partial charge in [-0.25, -0.2) is 0 Å². The van der Waals surface area contributed by atoms with Crippen LogP contribution in [0.3, 0.4) is 0 Å². The molecular formula is C18H29ClN2O. The summed E-state index contributed by atoms with van der Waals surface area (Å²) in [6.45, 7) is 8.50.